The summed E-state index contributed by atoms with van der Waals surface area (Å²) < 4.78 is 36.9. The lowest BCUT2D eigenvalue weighted by Crippen LogP contribution is -2.12. The molecule has 0 aliphatic heterocycles. The van der Waals surface area contributed by atoms with Gasteiger partial charge in [0.2, 0.25) is 0 Å². The first-order valence-corrected chi connectivity index (χ1v) is 4.11. The van der Waals surface area contributed by atoms with Crippen LogP contribution in [0.1, 0.15) is 16.3 Å². The molecule has 0 bridgehead atoms. The van der Waals surface area contributed by atoms with Gasteiger partial charge < -0.3 is 10.7 Å². The number of nitrogens with zero attached hydrogens (tertiary/aromatic N) is 2. The Morgan fingerprint density at radius 2 is 2.00 bits per heavy atom. The molecule has 84 valence electrons. The molecule has 5 nitrogen and oxygen atoms in total. The van der Waals surface area contributed by atoms with E-state index in [4.69, 9.17) is 5.73 Å². The third-order valence-corrected chi connectivity index (χ3v) is 1.87. The summed E-state index contributed by atoms with van der Waals surface area (Å²) in [5, 5.41) is 0. The lowest BCUT2D eigenvalue weighted by Gasteiger charge is -2.03. The topological polar surface area (TPSA) is 84.7 Å². The molecule has 0 aliphatic rings. The third-order valence-electron chi connectivity index (χ3n) is 1.87. The first-order chi connectivity index (χ1) is 7.38. The molecule has 0 radical (unpaired) electrons. The van der Waals surface area contributed by atoms with Gasteiger partial charge in [0.15, 0.2) is 11.5 Å². The van der Waals surface area contributed by atoms with E-state index >= 15 is 0 Å². The van der Waals surface area contributed by atoms with Gasteiger partial charge >= 0.3 is 6.18 Å². The number of hydrogen-bond acceptors (Lipinski definition) is 3. The van der Waals surface area contributed by atoms with Gasteiger partial charge in [-0.05, 0) is 12.1 Å². The van der Waals surface area contributed by atoms with Crippen molar-refractivity contribution in [2.24, 2.45) is 5.73 Å². The van der Waals surface area contributed by atoms with Gasteiger partial charge in [-0.3, -0.25) is 4.79 Å². The molecule has 0 saturated heterocycles. The molecule has 0 saturated carbocycles. The third kappa shape index (κ3) is 1.69. The number of carbonyl (C=O) groups excluding carboxylic acids is 1. The van der Waals surface area contributed by atoms with E-state index in [1.165, 1.54) is 0 Å². The molecular weight excluding hydrogens is 225 g/mol. The maximum Gasteiger partial charge on any atom is 0.433 e. The van der Waals surface area contributed by atoms with Gasteiger partial charge in [-0.15, -0.1) is 0 Å². The highest BCUT2D eigenvalue weighted by molar-refractivity contribution is 5.92. The molecule has 8 heteroatoms. The Morgan fingerprint density at radius 1 is 1.31 bits per heavy atom. The highest BCUT2D eigenvalue weighted by atomic mass is 19.4. The van der Waals surface area contributed by atoms with Crippen LogP contribution in [0.3, 0.4) is 0 Å². The molecule has 2 aromatic heterocycles. The number of amides is 1. The second kappa shape index (κ2) is 3.19. The average molecular weight is 230 g/mol. The van der Waals surface area contributed by atoms with E-state index in [-0.39, 0.29) is 17.0 Å². The van der Waals surface area contributed by atoms with Gasteiger partial charge in [0, 0.05) is 0 Å². The number of aromatic nitrogens is 3. The molecule has 2 rings (SSSR count). The first-order valence-electron chi connectivity index (χ1n) is 4.11. The summed E-state index contributed by atoms with van der Waals surface area (Å²) in [5.41, 5.74) is 3.88. The predicted molar refractivity (Wildman–Crippen MR) is 47.4 cm³/mol. The maximum absolute atomic E-state index is 12.3. The summed E-state index contributed by atoms with van der Waals surface area (Å²) in [5.74, 6) is -1.08. The van der Waals surface area contributed by atoms with Crippen LogP contribution in [0.25, 0.3) is 11.2 Å². The van der Waals surface area contributed by atoms with Crippen LogP contribution in [0, 0.1) is 0 Å². The number of rotatable bonds is 1. The highest BCUT2D eigenvalue weighted by Crippen LogP contribution is 2.28. The molecule has 0 fully saturated rings. The number of hydrogen-bond donors (Lipinski definition) is 2. The van der Waals surface area contributed by atoms with Crippen molar-refractivity contribution in [1.82, 2.24) is 15.0 Å². The van der Waals surface area contributed by atoms with Crippen LogP contribution in [0.5, 0.6) is 0 Å². The summed E-state index contributed by atoms with van der Waals surface area (Å²) in [4.78, 5) is 20.0. The van der Waals surface area contributed by atoms with Crippen LogP contribution < -0.4 is 5.73 Å². The number of imidazole rings is 1. The molecule has 0 unspecified atom stereocenters. The largest absolute Gasteiger partial charge is 0.433 e. The Bertz CT molecular complexity index is 560. The normalized spacial score (nSPS) is 11.9. The number of pyridine rings is 1. The summed E-state index contributed by atoms with van der Waals surface area (Å²) >= 11 is 0. The average Bonchev–Trinajstić information content (AvgIpc) is 2.58. The zero-order valence-electron chi connectivity index (χ0n) is 7.67. The van der Waals surface area contributed by atoms with Gasteiger partial charge in [-0.2, -0.15) is 13.2 Å². The summed E-state index contributed by atoms with van der Waals surface area (Å²) in [6, 6.07) is 1.94. The first kappa shape index (κ1) is 10.4. The van der Waals surface area contributed by atoms with Crippen LogP contribution in [-0.2, 0) is 6.18 Å². The van der Waals surface area contributed by atoms with Crippen molar-refractivity contribution in [3.8, 4) is 0 Å². The Kier molecular flexibility index (Phi) is 2.07. The van der Waals surface area contributed by atoms with E-state index in [1.807, 2.05) is 0 Å². The van der Waals surface area contributed by atoms with E-state index in [9.17, 15) is 18.0 Å². The standard InChI is InChI=1S/C8H5F3N4O/c9-8(10,11)4-2-1-3-6(14-4)15-7(13-3)5(12)16/h1-2H,(H2,12,16)(H,13,14,15). The number of carbonyl (C=O) groups is 1. The van der Waals surface area contributed by atoms with Gasteiger partial charge in [0.25, 0.3) is 5.91 Å². The van der Waals surface area contributed by atoms with Crippen molar-refractivity contribution >= 4 is 17.1 Å². The highest BCUT2D eigenvalue weighted by Gasteiger charge is 2.32. The predicted octanol–water partition coefficient (Wildman–Crippen LogP) is 1.08. The van der Waals surface area contributed by atoms with E-state index in [0.717, 1.165) is 12.1 Å². The van der Waals surface area contributed by atoms with Gasteiger partial charge in [-0.1, -0.05) is 0 Å². The van der Waals surface area contributed by atoms with Crippen molar-refractivity contribution in [2.45, 2.75) is 6.18 Å². The Labute approximate surface area is 86.5 Å². The van der Waals surface area contributed by atoms with Gasteiger partial charge in [0.05, 0.1) is 5.52 Å². The fourth-order valence-electron chi connectivity index (χ4n) is 1.17. The summed E-state index contributed by atoms with van der Waals surface area (Å²) in [6.45, 7) is 0. The van der Waals surface area contributed by atoms with Crippen molar-refractivity contribution in [1.29, 1.82) is 0 Å². The van der Waals surface area contributed by atoms with Crippen molar-refractivity contribution in [3.05, 3.63) is 23.7 Å². The fourth-order valence-corrected chi connectivity index (χ4v) is 1.17. The van der Waals surface area contributed by atoms with E-state index in [2.05, 4.69) is 15.0 Å². The van der Waals surface area contributed by atoms with Crippen molar-refractivity contribution in [3.63, 3.8) is 0 Å². The van der Waals surface area contributed by atoms with Crippen LogP contribution in [-0.4, -0.2) is 20.9 Å². The van der Waals surface area contributed by atoms with E-state index in [1.54, 1.807) is 0 Å². The number of alkyl halides is 3. The van der Waals surface area contributed by atoms with Gasteiger partial charge in [0.1, 0.15) is 5.69 Å². The second-order valence-corrected chi connectivity index (χ2v) is 3.02. The minimum Gasteiger partial charge on any atom is -0.363 e. The lowest BCUT2D eigenvalue weighted by molar-refractivity contribution is -0.141. The number of fused-ring (bicyclic) bond motifs is 1. The van der Waals surface area contributed by atoms with Crippen molar-refractivity contribution < 1.29 is 18.0 Å². The van der Waals surface area contributed by atoms with Crippen LogP contribution >= 0.6 is 0 Å². The molecule has 2 heterocycles. The minimum absolute atomic E-state index is 0.191. The van der Waals surface area contributed by atoms with Crippen LogP contribution in [0.15, 0.2) is 12.1 Å². The molecule has 16 heavy (non-hydrogen) atoms. The fraction of sp³-hybridized carbons (Fsp3) is 0.125. The lowest BCUT2D eigenvalue weighted by atomic mass is 10.3. The van der Waals surface area contributed by atoms with Crippen molar-refractivity contribution in [2.75, 3.05) is 0 Å². The number of nitrogens with two attached hydrogens (primary N) is 1. The Morgan fingerprint density at radius 3 is 2.56 bits per heavy atom. The minimum atomic E-state index is -4.54. The van der Waals surface area contributed by atoms with E-state index in [0.29, 0.717) is 0 Å². The molecule has 0 spiro atoms. The summed E-state index contributed by atoms with van der Waals surface area (Å²) in [6.07, 6.45) is -4.54. The quantitative estimate of drug-likeness (QED) is 0.768. The second-order valence-electron chi connectivity index (χ2n) is 3.02. The smallest absolute Gasteiger partial charge is 0.363 e. The maximum atomic E-state index is 12.3. The number of halogens is 3. The number of nitrogens with one attached hydrogen (secondary N) is 1. The molecule has 0 atom stereocenters. The monoisotopic (exact) mass is 230 g/mol. The number of aromatic amines is 1. The SMILES string of the molecule is NC(=O)c1nc2nc(C(F)(F)F)ccc2[nH]1. The number of primary amides is 1. The Hall–Kier alpha value is -2.12. The molecule has 2 aromatic rings. The molecule has 3 N–H and O–H groups in total. The molecule has 0 aromatic carbocycles. The zero-order valence-corrected chi connectivity index (χ0v) is 7.67. The van der Waals surface area contributed by atoms with E-state index < -0.39 is 17.8 Å². The zero-order chi connectivity index (χ0) is 11.9. The van der Waals surface area contributed by atoms with Crippen LogP contribution in [0.2, 0.25) is 0 Å². The van der Waals surface area contributed by atoms with Gasteiger partial charge in [-0.25, -0.2) is 9.97 Å². The molecule has 0 aliphatic carbocycles. The molecule has 1 amide bonds. The van der Waals surface area contributed by atoms with Crippen LogP contribution in [0.4, 0.5) is 13.2 Å². The number of H-pyrrole nitrogens is 1. The Balaban J connectivity index is 2.58. The molecular formula is C8H5F3N4O. The summed E-state index contributed by atoms with van der Waals surface area (Å²) in [7, 11) is 0.